The largest absolute Gasteiger partial charge is 0.376 e. The van der Waals surface area contributed by atoms with Gasteiger partial charge in [0.1, 0.15) is 0 Å². The number of nitrogens with one attached hydrogen (secondary N) is 1. The highest BCUT2D eigenvalue weighted by molar-refractivity contribution is 7.09. The Bertz CT molecular complexity index is 440. The Hall–Kier alpha value is -1.14. The van der Waals surface area contributed by atoms with E-state index >= 15 is 0 Å². The zero-order valence-corrected chi connectivity index (χ0v) is 13.4. The van der Waals surface area contributed by atoms with E-state index in [1.165, 1.54) is 0 Å². The van der Waals surface area contributed by atoms with E-state index in [0.29, 0.717) is 6.10 Å². The average molecular weight is 296 g/mol. The second-order valence-electron chi connectivity index (χ2n) is 5.04. The van der Waals surface area contributed by atoms with Gasteiger partial charge in [-0.15, -0.1) is 11.3 Å². The number of ether oxygens (including phenoxy) is 1. The van der Waals surface area contributed by atoms with Gasteiger partial charge in [0.2, 0.25) is 0 Å². The maximum atomic E-state index is 5.62. The summed E-state index contributed by atoms with van der Waals surface area (Å²) >= 11 is 1.69. The molecule has 0 bridgehead atoms. The third-order valence-electron chi connectivity index (χ3n) is 3.23. The summed E-state index contributed by atoms with van der Waals surface area (Å²) in [6, 6.07) is 0. The molecule has 1 saturated heterocycles. The summed E-state index contributed by atoms with van der Waals surface area (Å²) < 4.78 is 5.62. The van der Waals surface area contributed by atoms with Crippen molar-refractivity contribution in [3.63, 3.8) is 0 Å². The fourth-order valence-corrected chi connectivity index (χ4v) is 2.85. The molecule has 0 aliphatic carbocycles. The minimum absolute atomic E-state index is 0.290. The van der Waals surface area contributed by atoms with E-state index in [9.17, 15) is 0 Å². The molecule has 1 aliphatic rings. The van der Waals surface area contributed by atoms with Crippen LogP contribution in [0.2, 0.25) is 0 Å². The topological polar surface area (TPSA) is 49.8 Å². The summed E-state index contributed by atoms with van der Waals surface area (Å²) in [6.07, 6.45) is 2.57. The SMILES string of the molecule is CCNC(=NCC1CCCO1)N(C)Cc1csc(C)n1. The van der Waals surface area contributed by atoms with Crippen LogP contribution in [0.5, 0.6) is 0 Å². The van der Waals surface area contributed by atoms with E-state index in [1.807, 2.05) is 14.0 Å². The highest BCUT2D eigenvalue weighted by Gasteiger charge is 2.16. The number of nitrogens with zero attached hydrogens (tertiary/aromatic N) is 3. The van der Waals surface area contributed by atoms with Crippen molar-refractivity contribution < 1.29 is 4.74 Å². The molecule has 1 aromatic heterocycles. The Kier molecular flexibility index (Phi) is 5.79. The van der Waals surface area contributed by atoms with Gasteiger partial charge in [0, 0.05) is 25.6 Å². The van der Waals surface area contributed by atoms with Gasteiger partial charge in [-0.1, -0.05) is 0 Å². The molecule has 5 nitrogen and oxygen atoms in total. The van der Waals surface area contributed by atoms with Crippen LogP contribution in [0.4, 0.5) is 0 Å². The minimum atomic E-state index is 0.290. The van der Waals surface area contributed by atoms with Crippen LogP contribution in [-0.2, 0) is 11.3 Å². The van der Waals surface area contributed by atoms with Crippen molar-refractivity contribution in [2.45, 2.75) is 39.3 Å². The van der Waals surface area contributed by atoms with Gasteiger partial charge in [0.05, 0.1) is 29.9 Å². The molecule has 0 saturated carbocycles. The van der Waals surface area contributed by atoms with Crippen LogP contribution in [0.15, 0.2) is 10.4 Å². The number of hydrogen-bond donors (Lipinski definition) is 1. The van der Waals surface area contributed by atoms with Crippen molar-refractivity contribution in [2.24, 2.45) is 4.99 Å². The number of aryl methyl sites for hydroxylation is 1. The first-order chi connectivity index (χ1) is 9.69. The van der Waals surface area contributed by atoms with Crippen LogP contribution < -0.4 is 5.32 Å². The number of guanidine groups is 1. The molecule has 1 atom stereocenters. The van der Waals surface area contributed by atoms with Gasteiger partial charge >= 0.3 is 0 Å². The van der Waals surface area contributed by atoms with E-state index in [4.69, 9.17) is 4.74 Å². The van der Waals surface area contributed by atoms with Crippen LogP contribution in [0, 0.1) is 6.92 Å². The number of aliphatic imine (C=N–C) groups is 1. The predicted molar refractivity (Wildman–Crippen MR) is 83.3 cm³/mol. The summed E-state index contributed by atoms with van der Waals surface area (Å²) in [4.78, 5) is 11.3. The molecule has 0 aromatic carbocycles. The van der Waals surface area contributed by atoms with Crippen molar-refractivity contribution >= 4 is 17.3 Å². The van der Waals surface area contributed by atoms with Gasteiger partial charge in [0.25, 0.3) is 0 Å². The van der Waals surface area contributed by atoms with Crippen LogP contribution in [-0.4, -0.2) is 48.7 Å². The fourth-order valence-electron chi connectivity index (χ4n) is 2.25. The summed E-state index contributed by atoms with van der Waals surface area (Å²) in [7, 11) is 2.05. The predicted octanol–water partition coefficient (Wildman–Crippen LogP) is 2.03. The Morgan fingerprint density at radius 3 is 3.10 bits per heavy atom. The number of rotatable bonds is 5. The van der Waals surface area contributed by atoms with Crippen LogP contribution >= 0.6 is 11.3 Å². The lowest BCUT2D eigenvalue weighted by Crippen LogP contribution is -2.39. The Morgan fingerprint density at radius 1 is 1.65 bits per heavy atom. The first-order valence-corrected chi connectivity index (χ1v) is 8.09. The molecular formula is C14H24N4OS. The van der Waals surface area contributed by atoms with E-state index in [0.717, 1.165) is 55.7 Å². The Morgan fingerprint density at radius 2 is 2.50 bits per heavy atom. The van der Waals surface area contributed by atoms with Gasteiger partial charge in [-0.05, 0) is 26.7 Å². The molecule has 1 fully saturated rings. The van der Waals surface area contributed by atoms with E-state index in [2.05, 4.69) is 32.5 Å². The molecule has 1 unspecified atom stereocenters. The summed E-state index contributed by atoms with van der Waals surface area (Å²) in [6.45, 7) is 7.38. The Labute approximate surface area is 125 Å². The lowest BCUT2D eigenvalue weighted by Gasteiger charge is -2.21. The number of hydrogen-bond acceptors (Lipinski definition) is 4. The second kappa shape index (κ2) is 7.59. The van der Waals surface area contributed by atoms with Crippen LogP contribution in [0.1, 0.15) is 30.5 Å². The van der Waals surface area contributed by atoms with Crippen molar-refractivity contribution in [3.8, 4) is 0 Å². The maximum Gasteiger partial charge on any atom is 0.194 e. The van der Waals surface area contributed by atoms with Gasteiger partial charge in [0.15, 0.2) is 5.96 Å². The molecule has 2 rings (SSSR count). The number of thiazole rings is 1. The smallest absolute Gasteiger partial charge is 0.194 e. The summed E-state index contributed by atoms with van der Waals surface area (Å²) in [5.74, 6) is 0.925. The molecule has 6 heteroatoms. The first-order valence-electron chi connectivity index (χ1n) is 7.21. The molecular weight excluding hydrogens is 272 g/mol. The first kappa shape index (κ1) is 15.3. The van der Waals surface area contributed by atoms with E-state index < -0.39 is 0 Å². The van der Waals surface area contributed by atoms with Gasteiger partial charge < -0.3 is 15.0 Å². The van der Waals surface area contributed by atoms with Gasteiger partial charge in [-0.3, -0.25) is 4.99 Å². The molecule has 1 aliphatic heterocycles. The normalized spacial score (nSPS) is 19.4. The van der Waals surface area contributed by atoms with Crippen LogP contribution in [0.3, 0.4) is 0 Å². The second-order valence-corrected chi connectivity index (χ2v) is 6.11. The van der Waals surface area contributed by atoms with Crippen molar-refractivity contribution in [2.75, 3.05) is 26.7 Å². The minimum Gasteiger partial charge on any atom is -0.376 e. The molecule has 1 N–H and O–H groups in total. The average Bonchev–Trinajstić information content (AvgIpc) is 3.06. The van der Waals surface area contributed by atoms with Crippen molar-refractivity contribution in [3.05, 3.63) is 16.1 Å². The number of aromatic nitrogens is 1. The van der Waals surface area contributed by atoms with Crippen molar-refractivity contribution in [1.29, 1.82) is 0 Å². The monoisotopic (exact) mass is 296 g/mol. The molecule has 2 heterocycles. The molecule has 0 amide bonds. The quantitative estimate of drug-likeness (QED) is 0.667. The third kappa shape index (κ3) is 4.45. The summed E-state index contributed by atoms with van der Waals surface area (Å²) in [5, 5.41) is 6.54. The maximum absolute atomic E-state index is 5.62. The van der Waals surface area contributed by atoms with Gasteiger partial charge in [-0.25, -0.2) is 4.98 Å². The molecule has 112 valence electrons. The molecule has 20 heavy (non-hydrogen) atoms. The zero-order chi connectivity index (χ0) is 14.4. The van der Waals surface area contributed by atoms with E-state index in [1.54, 1.807) is 11.3 Å². The lowest BCUT2D eigenvalue weighted by molar-refractivity contribution is 0.117. The van der Waals surface area contributed by atoms with E-state index in [-0.39, 0.29) is 0 Å². The third-order valence-corrected chi connectivity index (χ3v) is 4.05. The molecule has 0 radical (unpaired) electrons. The summed E-state index contributed by atoms with van der Waals surface area (Å²) in [5.41, 5.74) is 1.10. The zero-order valence-electron chi connectivity index (χ0n) is 12.6. The highest BCUT2D eigenvalue weighted by atomic mass is 32.1. The van der Waals surface area contributed by atoms with Crippen LogP contribution in [0.25, 0.3) is 0 Å². The van der Waals surface area contributed by atoms with Gasteiger partial charge in [-0.2, -0.15) is 0 Å². The molecule has 0 spiro atoms. The highest BCUT2D eigenvalue weighted by Crippen LogP contribution is 2.13. The van der Waals surface area contributed by atoms with Crippen molar-refractivity contribution in [1.82, 2.24) is 15.2 Å². The standard InChI is InChI=1S/C14H24N4OS/c1-4-15-14(16-8-13-6-5-7-19-13)18(3)9-12-10-20-11(2)17-12/h10,13H,4-9H2,1-3H3,(H,15,16). The Balaban J connectivity index is 1.93. The fraction of sp³-hybridized carbons (Fsp3) is 0.714. The molecule has 1 aromatic rings. The lowest BCUT2D eigenvalue weighted by atomic mass is 10.2.